The van der Waals surface area contributed by atoms with Gasteiger partial charge in [-0.3, -0.25) is 0 Å². The van der Waals surface area contributed by atoms with E-state index in [1.165, 1.54) is 11.8 Å². The van der Waals surface area contributed by atoms with Gasteiger partial charge >= 0.3 is 0 Å². The molecule has 3 rings (SSSR count). The Balaban J connectivity index is 1.95. The first-order valence-corrected chi connectivity index (χ1v) is 6.75. The fraction of sp³-hybridized carbons (Fsp3) is 0.0909. The minimum atomic E-state index is 0.739. The predicted molar refractivity (Wildman–Crippen MR) is 71.5 cm³/mol. The van der Waals surface area contributed by atoms with Crippen LogP contribution in [0.15, 0.2) is 33.1 Å². The number of aromatic amines is 1. The summed E-state index contributed by atoms with van der Waals surface area (Å²) >= 11 is 3.16. The van der Waals surface area contributed by atoms with Gasteiger partial charge in [0, 0.05) is 16.8 Å². The number of imidazole rings is 1. The molecule has 0 aliphatic heterocycles. The molecule has 0 amide bonds. The molecule has 0 atom stereocenters. The third-order valence-corrected chi connectivity index (χ3v) is 4.21. The van der Waals surface area contributed by atoms with Gasteiger partial charge in [0.15, 0.2) is 9.50 Å². The average Bonchev–Trinajstić information content (AvgIpc) is 2.84. The van der Waals surface area contributed by atoms with E-state index in [4.69, 9.17) is 5.73 Å². The van der Waals surface area contributed by atoms with Gasteiger partial charge in [0.1, 0.15) is 0 Å². The second-order valence-electron chi connectivity index (χ2n) is 3.68. The molecular formula is C11H10N4S2. The van der Waals surface area contributed by atoms with Crippen molar-refractivity contribution < 1.29 is 0 Å². The molecular weight excluding hydrogens is 252 g/mol. The monoisotopic (exact) mass is 262 g/mol. The Labute approximate surface area is 106 Å². The second-order valence-corrected chi connectivity index (χ2v) is 5.77. The van der Waals surface area contributed by atoms with E-state index in [1.807, 2.05) is 30.5 Å². The molecule has 0 bridgehead atoms. The lowest BCUT2D eigenvalue weighted by molar-refractivity contribution is 1.07. The Hall–Kier alpha value is -1.53. The molecule has 0 aliphatic carbocycles. The first kappa shape index (κ1) is 10.6. The molecule has 6 heteroatoms. The first-order chi connectivity index (χ1) is 8.20. The Kier molecular flexibility index (Phi) is 2.53. The van der Waals surface area contributed by atoms with Crippen LogP contribution in [0.3, 0.4) is 0 Å². The van der Waals surface area contributed by atoms with E-state index in [2.05, 4.69) is 15.0 Å². The van der Waals surface area contributed by atoms with Gasteiger partial charge in [-0.1, -0.05) is 0 Å². The number of nitrogens with one attached hydrogen (secondary N) is 1. The van der Waals surface area contributed by atoms with Crippen molar-refractivity contribution in [1.29, 1.82) is 0 Å². The largest absolute Gasteiger partial charge is 0.399 e. The van der Waals surface area contributed by atoms with E-state index in [9.17, 15) is 0 Å². The smallest absolute Gasteiger partial charge is 0.173 e. The van der Waals surface area contributed by atoms with Crippen LogP contribution in [-0.4, -0.2) is 15.0 Å². The maximum Gasteiger partial charge on any atom is 0.173 e. The maximum absolute atomic E-state index is 5.72. The molecule has 17 heavy (non-hydrogen) atoms. The van der Waals surface area contributed by atoms with Gasteiger partial charge in [0.05, 0.1) is 11.0 Å². The normalized spacial score (nSPS) is 11.1. The van der Waals surface area contributed by atoms with Gasteiger partial charge in [-0.05, 0) is 36.9 Å². The predicted octanol–water partition coefficient (Wildman–Crippen LogP) is 3.06. The highest BCUT2D eigenvalue weighted by molar-refractivity contribution is 8.00. The van der Waals surface area contributed by atoms with E-state index in [0.29, 0.717) is 0 Å². The third-order valence-electron chi connectivity index (χ3n) is 2.27. The Bertz CT molecular complexity index is 671. The van der Waals surface area contributed by atoms with Crippen molar-refractivity contribution in [3.05, 3.63) is 29.3 Å². The van der Waals surface area contributed by atoms with E-state index in [-0.39, 0.29) is 0 Å². The Morgan fingerprint density at radius 3 is 3.00 bits per heavy atom. The van der Waals surface area contributed by atoms with Gasteiger partial charge in [-0.15, -0.1) is 11.3 Å². The third kappa shape index (κ3) is 2.13. The molecule has 0 fully saturated rings. The van der Waals surface area contributed by atoms with Gasteiger partial charge < -0.3 is 10.7 Å². The summed E-state index contributed by atoms with van der Waals surface area (Å²) in [4.78, 5) is 12.1. The minimum Gasteiger partial charge on any atom is -0.399 e. The molecule has 0 saturated carbocycles. The van der Waals surface area contributed by atoms with Crippen LogP contribution in [0.4, 0.5) is 5.69 Å². The van der Waals surface area contributed by atoms with Crippen molar-refractivity contribution in [2.45, 2.75) is 16.4 Å². The van der Waals surface area contributed by atoms with Gasteiger partial charge in [0.25, 0.3) is 0 Å². The number of rotatable bonds is 2. The van der Waals surface area contributed by atoms with Crippen LogP contribution in [0.2, 0.25) is 0 Å². The van der Waals surface area contributed by atoms with Crippen molar-refractivity contribution in [1.82, 2.24) is 15.0 Å². The second kappa shape index (κ2) is 4.05. The summed E-state index contributed by atoms with van der Waals surface area (Å²) in [5, 5.41) is 2.88. The molecule has 0 unspecified atom stereocenters. The molecule has 0 radical (unpaired) electrons. The van der Waals surface area contributed by atoms with Crippen LogP contribution >= 0.6 is 23.1 Å². The summed E-state index contributed by atoms with van der Waals surface area (Å²) in [5.41, 5.74) is 9.39. The summed E-state index contributed by atoms with van der Waals surface area (Å²) in [7, 11) is 0. The van der Waals surface area contributed by atoms with Crippen molar-refractivity contribution >= 4 is 39.8 Å². The van der Waals surface area contributed by atoms with Gasteiger partial charge in [0.2, 0.25) is 0 Å². The summed E-state index contributed by atoms with van der Waals surface area (Å²) in [6.45, 7) is 1.99. The fourth-order valence-electron chi connectivity index (χ4n) is 1.51. The lowest BCUT2D eigenvalue weighted by atomic mass is 10.3. The molecule has 0 spiro atoms. The summed E-state index contributed by atoms with van der Waals surface area (Å²) in [6, 6.07) is 5.66. The van der Waals surface area contributed by atoms with E-state index in [1.54, 1.807) is 11.3 Å². The molecule has 3 aromatic rings. The number of thiazole rings is 1. The van der Waals surface area contributed by atoms with Crippen LogP contribution in [0.5, 0.6) is 0 Å². The quantitative estimate of drug-likeness (QED) is 0.696. The fourth-order valence-corrected chi connectivity index (χ4v) is 3.27. The summed E-state index contributed by atoms with van der Waals surface area (Å²) in [6.07, 6.45) is 0. The number of nitrogens with two attached hydrogens (primary N) is 1. The summed E-state index contributed by atoms with van der Waals surface area (Å²) in [5.74, 6) is 0. The zero-order chi connectivity index (χ0) is 11.8. The molecule has 2 heterocycles. The number of hydrogen-bond acceptors (Lipinski definition) is 5. The number of H-pyrrole nitrogens is 1. The molecule has 86 valence electrons. The number of benzene rings is 1. The first-order valence-electron chi connectivity index (χ1n) is 5.06. The van der Waals surface area contributed by atoms with E-state index < -0.39 is 0 Å². The number of hydrogen-bond donors (Lipinski definition) is 2. The summed E-state index contributed by atoms with van der Waals surface area (Å²) < 4.78 is 0.995. The molecule has 0 aliphatic rings. The average molecular weight is 262 g/mol. The van der Waals surface area contributed by atoms with E-state index >= 15 is 0 Å². The number of nitrogen functional groups attached to an aromatic ring is 1. The number of aryl methyl sites for hydroxylation is 1. The van der Waals surface area contributed by atoms with Crippen LogP contribution in [0.25, 0.3) is 11.0 Å². The molecule has 1 aromatic carbocycles. The maximum atomic E-state index is 5.72. The standard InChI is InChI=1S/C11H10N4S2/c1-6-5-16-11(13-6)17-10-14-8-3-2-7(12)4-9(8)15-10/h2-5H,12H2,1H3,(H,14,15). The molecule has 0 saturated heterocycles. The van der Waals surface area contributed by atoms with Gasteiger partial charge in [-0.25, -0.2) is 9.97 Å². The van der Waals surface area contributed by atoms with Crippen molar-refractivity contribution in [2.24, 2.45) is 0 Å². The number of nitrogens with zero attached hydrogens (tertiary/aromatic N) is 2. The highest BCUT2D eigenvalue weighted by Gasteiger charge is 2.07. The topological polar surface area (TPSA) is 67.6 Å². The SMILES string of the molecule is Cc1csc(Sc2nc3ccc(N)cc3[nH]2)n1. The van der Waals surface area contributed by atoms with Crippen LogP contribution in [-0.2, 0) is 0 Å². The van der Waals surface area contributed by atoms with Gasteiger partial charge in [-0.2, -0.15) is 0 Å². The van der Waals surface area contributed by atoms with Crippen molar-refractivity contribution in [3.8, 4) is 0 Å². The highest BCUT2D eigenvalue weighted by Crippen LogP contribution is 2.29. The molecule has 2 aromatic heterocycles. The molecule has 3 N–H and O–H groups in total. The zero-order valence-electron chi connectivity index (χ0n) is 9.10. The highest BCUT2D eigenvalue weighted by atomic mass is 32.2. The minimum absolute atomic E-state index is 0.739. The van der Waals surface area contributed by atoms with Crippen LogP contribution < -0.4 is 5.73 Å². The van der Waals surface area contributed by atoms with E-state index in [0.717, 1.165) is 31.9 Å². The van der Waals surface area contributed by atoms with Crippen molar-refractivity contribution in [3.63, 3.8) is 0 Å². The Morgan fingerprint density at radius 2 is 2.24 bits per heavy atom. The van der Waals surface area contributed by atoms with Crippen LogP contribution in [0.1, 0.15) is 5.69 Å². The number of aromatic nitrogens is 3. The lowest BCUT2D eigenvalue weighted by Crippen LogP contribution is -1.82. The lowest BCUT2D eigenvalue weighted by Gasteiger charge is -1.90. The number of anilines is 1. The number of fused-ring (bicyclic) bond motifs is 1. The Morgan fingerprint density at radius 1 is 1.35 bits per heavy atom. The van der Waals surface area contributed by atoms with Crippen molar-refractivity contribution in [2.75, 3.05) is 5.73 Å². The molecule has 4 nitrogen and oxygen atoms in total. The van der Waals surface area contributed by atoms with Crippen LogP contribution in [0, 0.1) is 6.92 Å². The zero-order valence-corrected chi connectivity index (χ0v) is 10.7.